The van der Waals surface area contributed by atoms with Crippen LogP contribution in [0.2, 0.25) is 0 Å². The first-order valence-corrected chi connectivity index (χ1v) is 6.87. The van der Waals surface area contributed by atoms with Crippen LogP contribution in [0.4, 0.5) is 5.69 Å². The zero-order chi connectivity index (χ0) is 11.5. The molecule has 6 heteroatoms. The van der Waals surface area contributed by atoms with Crippen LogP contribution in [-0.4, -0.2) is 34.7 Å². The van der Waals surface area contributed by atoms with E-state index >= 15 is 0 Å². The average molecular weight is 303 g/mol. The first-order valence-electron chi connectivity index (χ1n) is 4.80. The second kappa shape index (κ2) is 4.95. The minimum atomic E-state index is -0.207. The van der Waals surface area contributed by atoms with Crippen molar-refractivity contribution in [2.24, 2.45) is 5.92 Å². The van der Waals surface area contributed by atoms with Crippen molar-refractivity contribution in [2.45, 2.75) is 6.92 Å². The van der Waals surface area contributed by atoms with Crippen molar-refractivity contribution in [3.63, 3.8) is 0 Å². The normalized spacial score (nSPS) is 12.6. The van der Waals surface area contributed by atoms with E-state index in [2.05, 4.69) is 13.3 Å². The topological polar surface area (TPSA) is 54.9 Å². The second-order valence-electron chi connectivity index (χ2n) is 3.48. The van der Waals surface area contributed by atoms with E-state index in [1.807, 2.05) is 18.2 Å². The van der Waals surface area contributed by atoms with Gasteiger partial charge in [-0.3, -0.25) is 0 Å². The molecule has 1 atom stereocenters. The Balaban J connectivity index is 2.27. The number of halogens is 1. The summed E-state index contributed by atoms with van der Waals surface area (Å²) >= 11 is 5.55. The SMILES string of the molecule is CC(CCl)C(=O)Nc1cccc2n[se]nc12. The number of nitrogens with zero attached hydrogens (tertiary/aromatic N) is 2. The molecule has 1 amide bonds. The van der Waals surface area contributed by atoms with Gasteiger partial charge >= 0.3 is 104 Å². The van der Waals surface area contributed by atoms with E-state index in [1.165, 1.54) is 0 Å². The fourth-order valence-electron chi connectivity index (χ4n) is 1.23. The molecule has 16 heavy (non-hydrogen) atoms. The Kier molecular flexibility index (Phi) is 3.59. The Morgan fingerprint density at radius 1 is 1.56 bits per heavy atom. The molecule has 0 saturated carbocycles. The van der Waals surface area contributed by atoms with E-state index in [0.29, 0.717) is 5.88 Å². The Labute approximate surface area is 104 Å². The molecule has 0 bridgehead atoms. The van der Waals surface area contributed by atoms with Gasteiger partial charge < -0.3 is 0 Å². The molecule has 0 spiro atoms. The number of alkyl halides is 1. The van der Waals surface area contributed by atoms with Crippen LogP contribution in [-0.2, 0) is 4.79 Å². The molecule has 1 aromatic carbocycles. The molecule has 1 aromatic heterocycles. The number of aromatic nitrogens is 2. The van der Waals surface area contributed by atoms with Crippen molar-refractivity contribution in [2.75, 3.05) is 11.2 Å². The average Bonchev–Trinajstić information content (AvgIpc) is 2.77. The number of rotatable bonds is 3. The fourth-order valence-corrected chi connectivity index (χ4v) is 2.53. The van der Waals surface area contributed by atoms with Crippen LogP contribution in [0.25, 0.3) is 11.0 Å². The third-order valence-electron chi connectivity index (χ3n) is 2.22. The summed E-state index contributed by atoms with van der Waals surface area (Å²) < 4.78 is 8.54. The van der Waals surface area contributed by atoms with Crippen molar-refractivity contribution in [1.82, 2.24) is 7.96 Å². The zero-order valence-electron chi connectivity index (χ0n) is 8.61. The van der Waals surface area contributed by atoms with Gasteiger partial charge in [0.05, 0.1) is 0 Å². The van der Waals surface area contributed by atoms with Gasteiger partial charge in [0.1, 0.15) is 0 Å². The molecule has 0 aliphatic heterocycles. The molecular weight excluding hydrogens is 293 g/mol. The van der Waals surface area contributed by atoms with Crippen LogP contribution in [0.5, 0.6) is 0 Å². The van der Waals surface area contributed by atoms with Gasteiger partial charge in [0.2, 0.25) is 0 Å². The van der Waals surface area contributed by atoms with Crippen LogP contribution in [0.1, 0.15) is 6.92 Å². The van der Waals surface area contributed by atoms with Gasteiger partial charge in [-0.25, -0.2) is 0 Å². The number of anilines is 1. The van der Waals surface area contributed by atoms with Gasteiger partial charge in [0, 0.05) is 0 Å². The number of hydrogen-bond acceptors (Lipinski definition) is 3. The van der Waals surface area contributed by atoms with Crippen molar-refractivity contribution in [1.29, 1.82) is 0 Å². The molecule has 2 aromatic rings. The van der Waals surface area contributed by atoms with Crippen molar-refractivity contribution in [3.05, 3.63) is 18.2 Å². The monoisotopic (exact) mass is 303 g/mol. The molecule has 0 radical (unpaired) electrons. The third-order valence-corrected chi connectivity index (χ3v) is 3.82. The van der Waals surface area contributed by atoms with Crippen molar-refractivity contribution >= 4 is 49.2 Å². The summed E-state index contributed by atoms with van der Waals surface area (Å²) in [6, 6.07) is 5.59. The Hall–Kier alpha value is -0.901. The number of carbonyl (C=O) groups is 1. The molecule has 4 nitrogen and oxygen atoms in total. The maximum atomic E-state index is 11.7. The third kappa shape index (κ3) is 2.26. The van der Waals surface area contributed by atoms with E-state index in [1.54, 1.807) is 6.92 Å². The quantitative estimate of drug-likeness (QED) is 0.690. The first kappa shape index (κ1) is 11.6. The Morgan fingerprint density at radius 2 is 2.38 bits per heavy atom. The summed E-state index contributed by atoms with van der Waals surface area (Å²) in [4.78, 5) is 11.7. The van der Waals surface area contributed by atoms with E-state index in [0.717, 1.165) is 16.7 Å². The van der Waals surface area contributed by atoms with Crippen LogP contribution < -0.4 is 5.32 Å². The number of benzene rings is 1. The molecule has 0 aliphatic carbocycles. The molecule has 84 valence electrons. The molecule has 0 saturated heterocycles. The van der Waals surface area contributed by atoms with Gasteiger partial charge in [0.15, 0.2) is 0 Å². The number of fused-ring (bicyclic) bond motifs is 1. The summed E-state index contributed by atoms with van der Waals surface area (Å²) in [6.45, 7) is 1.79. The van der Waals surface area contributed by atoms with Crippen molar-refractivity contribution < 1.29 is 4.79 Å². The standard InChI is InChI=1S/C10H10ClN3OSe/c1-6(5-11)10(15)12-7-3-2-4-8-9(7)14-16-13-8/h2-4,6H,5H2,1H3,(H,12,15). The van der Waals surface area contributed by atoms with E-state index in [-0.39, 0.29) is 26.8 Å². The molecule has 1 N–H and O–H groups in total. The summed E-state index contributed by atoms with van der Waals surface area (Å²) in [7, 11) is 0. The van der Waals surface area contributed by atoms with Crippen LogP contribution >= 0.6 is 11.6 Å². The second-order valence-corrected chi connectivity index (χ2v) is 4.90. The van der Waals surface area contributed by atoms with E-state index in [4.69, 9.17) is 11.6 Å². The van der Waals surface area contributed by atoms with Gasteiger partial charge in [0.25, 0.3) is 0 Å². The fraction of sp³-hybridized carbons (Fsp3) is 0.300. The van der Waals surface area contributed by atoms with E-state index < -0.39 is 0 Å². The molecule has 1 unspecified atom stereocenters. The Bertz CT molecular complexity index is 513. The van der Waals surface area contributed by atoms with Crippen LogP contribution in [0.3, 0.4) is 0 Å². The molecule has 0 aliphatic rings. The van der Waals surface area contributed by atoms with Crippen LogP contribution in [0, 0.1) is 5.92 Å². The minimum absolute atomic E-state index is 0.0821. The van der Waals surface area contributed by atoms with Gasteiger partial charge in [-0.05, 0) is 0 Å². The van der Waals surface area contributed by atoms with Gasteiger partial charge in [-0.1, -0.05) is 0 Å². The molecule has 2 rings (SSSR count). The summed E-state index contributed by atoms with van der Waals surface area (Å²) in [5.41, 5.74) is 2.37. The maximum absolute atomic E-state index is 11.7. The summed E-state index contributed by atoms with van der Waals surface area (Å²) in [5, 5.41) is 2.83. The summed E-state index contributed by atoms with van der Waals surface area (Å²) in [5.74, 6) is 0.0196. The molecule has 1 heterocycles. The van der Waals surface area contributed by atoms with Gasteiger partial charge in [-0.2, -0.15) is 0 Å². The number of carbonyl (C=O) groups excluding carboxylic acids is 1. The number of nitrogens with one attached hydrogen (secondary N) is 1. The first-order chi connectivity index (χ1) is 7.72. The number of amides is 1. The van der Waals surface area contributed by atoms with Gasteiger partial charge in [-0.15, -0.1) is 0 Å². The van der Waals surface area contributed by atoms with Crippen molar-refractivity contribution in [3.8, 4) is 0 Å². The predicted molar refractivity (Wildman–Crippen MR) is 65.0 cm³/mol. The number of hydrogen-bond donors (Lipinski definition) is 1. The van der Waals surface area contributed by atoms with E-state index in [9.17, 15) is 4.79 Å². The Morgan fingerprint density at radius 3 is 3.12 bits per heavy atom. The summed E-state index contributed by atoms with van der Waals surface area (Å²) in [6.07, 6.45) is 0. The molecule has 0 fully saturated rings. The zero-order valence-corrected chi connectivity index (χ0v) is 11.1. The van der Waals surface area contributed by atoms with Crippen LogP contribution in [0.15, 0.2) is 18.2 Å². The predicted octanol–water partition coefficient (Wildman–Crippen LogP) is 1.50. The molecular formula is C10H10ClN3OSe.